The van der Waals surface area contributed by atoms with Crippen LogP contribution < -0.4 is 4.90 Å². The van der Waals surface area contributed by atoms with Crippen LogP contribution in [0.15, 0.2) is 29.6 Å². The molecule has 2 aromatic rings. The molecule has 1 aromatic carbocycles. The number of carbonyl (C=O) groups excluding carboxylic acids is 1. The normalized spacial score (nSPS) is 14.6. The van der Waals surface area contributed by atoms with E-state index in [0.29, 0.717) is 5.69 Å². The van der Waals surface area contributed by atoms with Crippen LogP contribution in [-0.4, -0.2) is 24.6 Å². The molecule has 1 aromatic heterocycles. The lowest BCUT2D eigenvalue weighted by Crippen LogP contribution is -2.22. The largest absolute Gasteiger partial charge is 0.464 e. The zero-order valence-electron chi connectivity index (χ0n) is 11.3. The maximum Gasteiger partial charge on any atom is 0.357 e. The molecular formula is C15H16N2O2S. The summed E-state index contributed by atoms with van der Waals surface area (Å²) in [5, 5.41) is 2.65. The van der Waals surface area contributed by atoms with Gasteiger partial charge in [0.25, 0.3) is 0 Å². The second kappa shape index (κ2) is 5.63. The standard InChI is InChI=1S/C15H16N2O2S/c1-19-14(18)13-10-20-15(16-13)17-8-4-7-11-5-2-3-6-12(11)9-17/h2-3,5-6,10H,4,7-9H2,1H3. The number of thiazole rings is 1. The third kappa shape index (κ3) is 2.54. The van der Waals surface area contributed by atoms with Gasteiger partial charge in [-0.15, -0.1) is 11.3 Å². The van der Waals surface area contributed by atoms with Crippen molar-refractivity contribution in [2.24, 2.45) is 0 Å². The first-order valence-corrected chi connectivity index (χ1v) is 7.51. The molecule has 0 aliphatic carbocycles. The number of aryl methyl sites for hydroxylation is 1. The van der Waals surface area contributed by atoms with Crippen molar-refractivity contribution in [3.05, 3.63) is 46.5 Å². The number of fused-ring (bicyclic) bond motifs is 1. The predicted molar refractivity (Wildman–Crippen MR) is 79.3 cm³/mol. The summed E-state index contributed by atoms with van der Waals surface area (Å²) in [6.07, 6.45) is 2.20. The Labute approximate surface area is 122 Å². The predicted octanol–water partition coefficient (Wildman–Crippen LogP) is 2.88. The van der Waals surface area contributed by atoms with Crippen molar-refractivity contribution >= 4 is 22.4 Å². The quantitative estimate of drug-likeness (QED) is 0.797. The van der Waals surface area contributed by atoms with E-state index in [4.69, 9.17) is 4.74 Å². The van der Waals surface area contributed by atoms with Gasteiger partial charge in [0, 0.05) is 18.5 Å². The molecule has 0 amide bonds. The van der Waals surface area contributed by atoms with E-state index < -0.39 is 0 Å². The highest BCUT2D eigenvalue weighted by atomic mass is 32.1. The fourth-order valence-corrected chi connectivity index (χ4v) is 3.29. The molecule has 1 aliphatic heterocycles. The van der Waals surface area contributed by atoms with E-state index >= 15 is 0 Å². The first-order valence-electron chi connectivity index (χ1n) is 6.63. The summed E-state index contributed by atoms with van der Waals surface area (Å²) < 4.78 is 4.70. The summed E-state index contributed by atoms with van der Waals surface area (Å²) in [7, 11) is 1.38. The van der Waals surface area contributed by atoms with Gasteiger partial charge in [0.05, 0.1) is 7.11 Å². The highest BCUT2D eigenvalue weighted by Gasteiger charge is 2.18. The summed E-state index contributed by atoms with van der Waals surface area (Å²) in [5.74, 6) is -0.372. The van der Waals surface area contributed by atoms with Gasteiger partial charge in [0.1, 0.15) is 0 Å². The number of hydrogen-bond acceptors (Lipinski definition) is 5. The van der Waals surface area contributed by atoms with E-state index in [9.17, 15) is 4.79 Å². The molecule has 2 heterocycles. The molecule has 20 heavy (non-hydrogen) atoms. The maximum atomic E-state index is 11.5. The molecular weight excluding hydrogens is 272 g/mol. The number of nitrogens with zero attached hydrogens (tertiary/aromatic N) is 2. The molecule has 1 aliphatic rings. The number of rotatable bonds is 2. The van der Waals surface area contributed by atoms with Crippen LogP contribution >= 0.6 is 11.3 Å². The highest BCUT2D eigenvalue weighted by Crippen LogP contribution is 2.26. The Morgan fingerprint density at radius 2 is 2.15 bits per heavy atom. The molecule has 0 spiro atoms. The minimum atomic E-state index is -0.372. The average Bonchev–Trinajstić information content (AvgIpc) is 2.87. The first-order chi connectivity index (χ1) is 9.78. The summed E-state index contributed by atoms with van der Waals surface area (Å²) in [5.41, 5.74) is 3.16. The molecule has 4 nitrogen and oxygen atoms in total. The van der Waals surface area contributed by atoms with Crippen LogP contribution in [0, 0.1) is 0 Å². The molecule has 0 radical (unpaired) electrons. The van der Waals surface area contributed by atoms with E-state index in [1.807, 2.05) is 0 Å². The Balaban J connectivity index is 1.84. The van der Waals surface area contributed by atoms with Gasteiger partial charge < -0.3 is 9.64 Å². The lowest BCUT2D eigenvalue weighted by atomic mass is 10.0. The van der Waals surface area contributed by atoms with E-state index in [0.717, 1.165) is 31.1 Å². The van der Waals surface area contributed by atoms with Crippen molar-refractivity contribution < 1.29 is 9.53 Å². The molecule has 0 fully saturated rings. The van der Waals surface area contributed by atoms with Crippen LogP contribution in [0.3, 0.4) is 0 Å². The third-order valence-electron chi connectivity index (χ3n) is 3.51. The Morgan fingerprint density at radius 1 is 1.35 bits per heavy atom. The lowest BCUT2D eigenvalue weighted by Gasteiger charge is -2.19. The van der Waals surface area contributed by atoms with Crippen LogP contribution in [0.1, 0.15) is 28.0 Å². The third-order valence-corrected chi connectivity index (χ3v) is 4.41. The zero-order chi connectivity index (χ0) is 13.9. The molecule has 0 unspecified atom stereocenters. The number of ether oxygens (including phenoxy) is 1. The summed E-state index contributed by atoms with van der Waals surface area (Å²) in [6.45, 7) is 1.81. The van der Waals surface area contributed by atoms with Crippen LogP contribution in [-0.2, 0) is 17.7 Å². The monoisotopic (exact) mass is 288 g/mol. The number of benzene rings is 1. The fourth-order valence-electron chi connectivity index (χ4n) is 2.47. The van der Waals surface area contributed by atoms with Gasteiger partial charge in [-0.05, 0) is 24.0 Å². The molecule has 3 rings (SSSR count). The van der Waals surface area contributed by atoms with E-state index in [1.165, 1.54) is 29.6 Å². The van der Waals surface area contributed by atoms with E-state index in [2.05, 4.69) is 34.1 Å². The van der Waals surface area contributed by atoms with E-state index in [1.54, 1.807) is 5.38 Å². The number of anilines is 1. The van der Waals surface area contributed by atoms with Gasteiger partial charge in [0.15, 0.2) is 10.8 Å². The van der Waals surface area contributed by atoms with Gasteiger partial charge in [-0.2, -0.15) is 0 Å². The van der Waals surface area contributed by atoms with Crippen molar-refractivity contribution in [2.45, 2.75) is 19.4 Å². The highest BCUT2D eigenvalue weighted by molar-refractivity contribution is 7.13. The number of aromatic nitrogens is 1. The van der Waals surface area contributed by atoms with Crippen LogP contribution in [0.5, 0.6) is 0 Å². The number of methoxy groups -OCH3 is 1. The fraction of sp³-hybridized carbons (Fsp3) is 0.333. The number of carbonyl (C=O) groups is 1. The zero-order valence-corrected chi connectivity index (χ0v) is 12.2. The number of esters is 1. The topological polar surface area (TPSA) is 42.4 Å². The van der Waals surface area contributed by atoms with Crippen molar-refractivity contribution in [2.75, 3.05) is 18.6 Å². The average molecular weight is 288 g/mol. The van der Waals surface area contributed by atoms with Crippen LogP contribution in [0.25, 0.3) is 0 Å². The summed E-state index contributed by atoms with van der Waals surface area (Å²) in [4.78, 5) is 18.1. The van der Waals surface area contributed by atoms with Crippen molar-refractivity contribution in [3.63, 3.8) is 0 Å². The van der Waals surface area contributed by atoms with Crippen molar-refractivity contribution in [3.8, 4) is 0 Å². The van der Waals surface area contributed by atoms with Gasteiger partial charge in [-0.3, -0.25) is 0 Å². The Kier molecular flexibility index (Phi) is 3.69. The smallest absolute Gasteiger partial charge is 0.357 e. The molecule has 104 valence electrons. The minimum absolute atomic E-state index is 0.372. The Hall–Kier alpha value is -1.88. The van der Waals surface area contributed by atoms with Crippen molar-refractivity contribution in [1.82, 2.24) is 4.98 Å². The maximum absolute atomic E-state index is 11.5. The summed E-state index contributed by atoms with van der Waals surface area (Å²) in [6, 6.07) is 8.53. The first kappa shape index (κ1) is 13.1. The van der Waals surface area contributed by atoms with Crippen LogP contribution in [0.2, 0.25) is 0 Å². The molecule has 0 saturated carbocycles. The molecule has 0 atom stereocenters. The second-order valence-electron chi connectivity index (χ2n) is 4.80. The van der Waals surface area contributed by atoms with Gasteiger partial charge >= 0.3 is 5.97 Å². The van der Waals surface area contributed by atoms with Crippen molar-refractivity contribution in [1.29, 1.82) is 0 Å². The molecule has 0 saturated heterocycles. The molecule has 0 N–H and O–H groups in total. The van der Waals surface area contributed by atoms with Gasteiger partial charge in [0.2, 0.25) is 0 Å². The number of hydrogen-bond donors (Lipinski definition) is 0. The molecule has 5 heteroatoms. The second-order valence-corrected chi connectivity index (χ2v) is 5.64. The molecule has 0 bridgehead atoms. The minimum Gasteiger partial charge on any atom is -0.464 e. The summed E-state index contributed by atoms with van der Waals surface area (Å²) >= 11 is 1.50. The van der Waals surface area contributed by atoms with Gasteiger partial charge in [-0.25, -0.2) is 9.78 Å². The Morgan fingerprint density at radius 3 is 2.95 bits per heavy atom. The lowest BCUT2D eigenvalue weighted by molar-refractivity contribution is 0.0595. The Bertz CT molecular complexity index is 624. The SMILES string of the molecule is COC(=O)c1csc(N2CCCc3ccccc3C2)n1. The van der Waals surface area contributed by atoms with Gasteiger partial charge in [-0.1, -0.05) is 24.3 Å². The van der Waals surface area contributed by atoms with Crippen LogP contribution in [0.4, 0.5) is 5.13 Å². The van der Waals surface area contributed by atoms with E-state index in [-0.39, 0.29) is 5.97 Å².